The van der Waals surface area contributed by atoms with Crippen LogP contribution in [0.5, 0.6) is 0 Å². The van der Waals surface area contributed by atoms with Gasteiger partial charge in [0.2, 0.25) is 0 Å². The second-order valence-corrected chi connectivity index (χ2v) is 16.1. The Balaban J connectivity index is 2.44. The Bertz CT molecular complexity index is 371. The molecule has 3 heteroatoms. The predicted octanol–water partition coefficient (Wildman–Crippen LogP) is 8.67. The third-order valence-electron chi connectivity index (χ3n) is 6.09. The van der Waals surface area contributed by atoms with Gasteiger partial charge in [-0.1, -0.05) is 115 Å². The Kier molecular flexibility index (Phi) is 13.1. The van der Waals surface area contributed by atoms with Gasteiger partial charge in [-0.25, -0.2) is 0 Å². The lowest BCUT2D eigenvalue weighted by atomic mass is 9.83. The number of unbranched alkanes of at least 4 members (excludes halogenated alkanes) is 3. The Morgan fingerprint density at radius 1 is 1.00 bits per heavy atom. The van der Waals surface area contributed by atoms with E-state index in [1.807, 2.05) is 0 Å². The van der Waals surface area contributed by atoms with Crippen LogP contribution in [0.25, 0.3) is 0 Å². The van der Waals surface area contributed by atoms with Crippen molar-refractivity contribution >= 4 is 30.9 Å². The van der Waals surface area contributed by atoms with E-state index in [2.05, 4.69) is 65.1 Å². The van der Waals surface area contributed by atoms with Crippen molar-refractivity contribution in [3.05, 3.63) is 12.2 Å². The second kappa shape index (κ2) is 13.8. The molecular formula is C23H46INSi. The summed E-state index contributed by atoms with van der Waals surface area (Å²) in [7, 11) is -0.886. The van der Waals surface area contributed by atoms with E-state index in [1.165, 1.54) is 95.9 Å². The maximum Gasteiger partial charge on any atom is 0.0455 e. The van der Waals surface area contributed by atoms with Gasteiger partial charge in [-0.3, -0.25) is 3.53 Å². The standard InChI is InChI=1S/C23H46INSi/c1-5-6-11-18-23(25-24,20-13-14-21-26(2,3)4)19-12-10-17-22-15-8-7-9-16-22/h11,18,22,25H,5-10,12-17,19-21H2,1-4H3/b18-11+. The van der Waals surface area contributed by atoms with E-state index in [0.717, 1.165) is 5.92 Å². The summed E-state index contributed by atoms with van der Waals surface area (Å²) in [5.74, 6) is 1.04. The minimum atomic E-state index is -0.886. The molecule has 1 unspecified atom stereocenters. The molecule has 0 amide bonds. The van der Waals surface area contributed by atoms with Crippen molar-refractivity contribution in [2.75, 3.05) is 0 Å². The van der Waals surface area contributed by atoms with Crippen molar-refractivity contribution in [2.45, 2.75) is 128 Å². The van der Waals surface area contributed by atoms with Crippen LogP contribution in [0.4, 0.5) is 0 Å². The van der Waals surface area contributed by atoms with Gasteiger partial charge in [0.25, 0.3) is 0 Å². The Labute approximate surface area is 180 Å². The van der Waals surface area contributed by atoms with Gasteiger partial charge in [0.05, 0.1) is 0 Å². The van der Waals surface area contributed by atoms with E-state index < -0.39 is 8.07 Å². The summed E-state index contributed by atoms with van der Waals surface area (Å²) in [5, 5.41) is 0. The van der Waals surface area contributed by atoms with E-state index in [-0.39, 0.29) is 5.54 Å². The van der Waals surface area contributed by atoms with Gasteiger partial charge in [0.15, 0.2) is 0 Å². The molecule has 1 nitrogen and oxygen atoms in total. The summed E-state index contributed by atoms with van der Waals surface area (Å²) in [4.78, 5) is 0. The summed E-state index contributed by atoms with van der Waals surface area (Å²) >= 11 is 2.42. The normalized spacial score (nSPS) is 19.1. The molecule has 0 bridgehead atoms. The zero-order valence-electron chi connectivity index (χ0n) is 18.2. The van der Waals surface area contributed by atoms with Crippen LogP contribution in [0, 0.1) is 5.92 Å². The first-order chi connectivity index (χ1) is 12.4. The van der Waals surface area contributed by atoms with Crippen molar-refractivity contribution in [1.29, 1.82) is 0 Å². The molecule has 1 aliphatic carbocycles. The van der Waals surface area contributed by atoms with Crippen LogP contribution >= 0.6 is 22.9 Å². The first-order valence-electron chi connectivity index (χ1n) is 11.5. The molecule has 0 saturated heterocycles. The highest BCUT2D eigenvalue weighted by atomic mass is 127. The number of hydrogen-bond acceptors (Lipinski definition) is 1. The number of hydrogen-bond donors (Lipinski definition) is 1. The first-order valence-corrected chi connectivity index (χ1v) is 16.2. The summed E-state index contributed by atoms with van der Waals surface area (Å²) in [6.45, 7) is 9.79. The highest BCUT2D eigenvalue weighted by Crippen LogP contribution is 2.31. The Morgan fingerprint density at radius 2 is 1.65 bits per heavy atom. The van der Waals surface area contributed by atoms with E-state index in [4.69, 9.17) is 0 Å². The first kappa shape index (κ1) is 24.7. The van der Waals surface area contributed by atoms with Gasteiger partial charge in [0, 0.05) is 36.5 Å². The molecule has 1 rings (SSSR count). The van der Waals surface area contributed by atoms with Crippen LogP contribution in [-0.4, -0.2) is 13.6 Å². The molecule has 1 N–H and O–H groups in total. The third kappa shape index (κ3) is 11.5. The van der Waals surface area contributed by atoms with Crippen molar-refractivity contribution < 1.29 is 0 Å². The quantitative estimate of drug-likeness (QED) is 0.0843. The Hall–Kier alpha value is 0.647. The van der Waals surface area contributed by atoms with Gasteiger partial charge in [0.1, 0.15) is 0 Å². The number of allylic oxidation sites excluding steroid dienone is 1. The minimum absolute atomic E-state index is 0.238. The SMILES string of the molecule is CCC/C=C/C(CCCCC1CCCCC1)(CCCC[Si](C)(C)C)NI. The topological polar surface area (TPSA) is 12.0 Å². The van der Waals surface area contributed by atoms with E-state index in [0.29, 0.717) is 0 Å². The van der Waals surface area contributed by atoms with Gasteiger partial charge in [-0.05, 0) is 25.2 Å². The fourth-order valence-electron chi connectivity index (χ4n) is 4.34. The molecule has 0 aliphatic heterocycles. The molecule has 0 spiro atoms. The second-order valence-electron chi connectivity index (χ2n) is 9.96. The molecule has 0 aromatic rings. The zero-order valence-corrected chi connectivity index (χ0v) is 21.4. The third-order valence-corrected chi connectivity index (χ3v) is 9.02. The molecule has 0 aromatic carbocycles. The van der Waals surface area contributed by atoms with E-state index in [1.54, 1.807) is 0 Å². The van der Waals surface area contributed by atoms with Gasteiger partial charge in [-0.15, -0.1) is 0 Å². The lowest BCUT2D eigenvalue weighted by Gasteiger charge is -2.31. The van der Waals surface area contributed by atoms with Crippen LogP contribution < -0.4 is 3.53 Å². The molecule has 1 saturated carbocycles. The van der Waals surface area contributed by atoms with Gasteiger partial charge >= 0.3 is 0 Å². The van der Waals surface area contributed by atoms with Gasteiger partial charge < -0.3 is 0 Å². The number of halogens is 1. The highest BCUT2D eigenvalue weighted by Gasteiger charge is 2.25. The fraction of sp³-hybridized carbons (Fsp3) is 0.913. The molecular weight excluding hydrogens is 445 g/mol. The van der Waals surface area contributed by atoms with Crippen molar-refractivity contribution in [3.8, 4) is 0 Å². The summed E-state index contributed by atoms with van der Waals surface area (Å²) in [6.07, 6.45) is 24.6. The summed E-state index contributed by atoms with van der Waals surface area (Å²) in [5.41, 5.74) is 0.238. The van der Waals surface area contributed by atoms with E-state index >= 15 is 0 Å². The predicted molar refractivity (Wildman–Crippen MR) is 131 cm³/mol. The van der Waals surface area contributed by atoms with E-state index in [9.17, 15) is 0 Å². The monoisotopic (exact) mass is 491 g/mol. The van der Waals surface area contributed by atoms with Crippen LogP contribution in [0.3, 0.4) is 0 Å². The fourth-order valence-corrected chi connectivity index (χ4v) is 6.37. The maximum atomic E-state index is 3.71. The van der Waals surface area contributed by atoms with Crippen LogP contribution in [0.1, 0.15) is 96.8 Å². The summed E-state index contributed by atoms with van der Waals surface area (Å²) < 4.78 is 3.71. The average molecular weight is 492 g/mol. The smallest absolute Gasteiger partial charge is 0.0455 e. The van der Waals surface area contributed by atoms with Crippen molar-refractivity contribution in [3.63, 3.8) is 0 Å². The molecule has 26 heavy (non-hydrogen) atoms. The lowest BCUT2D eigenvalue weighted by Crippen LogP contribution is -2.37. The molecule has 1 aliphatic rings. The lowest BCUT2D eigenvalue weighted by molar-refractivity contribution is 0.318. The average Bonchev–Trinajstić information content (AvgIpc) is 2.62. The minimum Gasteiger partial charge on any atom is -0.251 e. The number of rotatable bonds is 14. The zero-order chi connectivity index (χ0) is 19.3. The molecule has 0 aromatic heterocycles. The van der Waals surface area contributed by atoms with Crippen LogP contribution in [-0.2, 0) is 0 Å². The number of nitrogens with one attached hydrogen (secondary N) is 1. The maximum absolute atomic E-state index is 3.71. The largest absolute Gasteiger partial charge is 0.251 e. The molecule has 0 radical (unpaired) electrons. The van der Waals surface area contributed by atoms with Crippen molar-refractivity contribution in [2.24, 2.45) is 5.92 Å². The Morgan fingerprint density at radius 3 is 2.23 bits per heavy atom. The molecule has 154 valence electrons. The molecule has 0 heterocycles. The van der Waals surface area contributed by atoms with Crippen molar-refractivity contribution in [1.82, 2.24) is 3.53 Å². The summed E-state index contributed by atoms with van der Waals surface area (Å²) in [6, 6.07) is 1.48. The molecule has 1 fully saturated rings. The van der Waals surface area contributed by atoms with Crippen LogP contribution in [0.2, 0.25) is 25.7 Å². The highest BCUT2D eigenvalue weighted by molar-refractivity contribution is 14.1. The molecule has 1 atom stereocenters. The van der Waals surface area contributed by atoms with Gasteiger partial charge in [-0.2, -0.15) is 0 Å². The van der Waals surface area contributed by atoms with Crippen LogP contribution in [0.15, 0.2) is 12.2 Å².